The Kier molecular flexibility index (Phi) is 7.49. The zero-order chi connectivity index (χ0) is 24.1. The third-order valence-corrected chi connectivity index (χ3v) is 6.87. The molecule has 1 N–H and O–H groups in total. The van der Waals surface area contributed by atoms with Gasteiger partial charge in [-0.15, -0.1) is 0 Å². The van der Waals surface area contributed by atoms with Crippen molar-refractivity contribution in [3.8, 4) is 0 Å². The molecule has 4 rings (SSSR count). The number of aryl methyl sites for hydroxylation is 2. The van der Waals surface area contributed by atoms with Gasteiger partial charge in [-0.2, -0.15) is 0 Å². The van der Waals surface area contributed by atoms with Crippen molar-refractivity contribution in [1.82, 2.24) is 20.4 Å². The molecular weight excluding hydrogens is 472 g/mol. The van der Waals surface area contributed by atoms with E-state index in [1.165, 1.54) is 11.8 Å². The highest BCUT2D eigenvalue weighted by Crippen LogP contribution is 2.32. The van der Waals surface area contributed by atoms with Crippen LogP contribution in [0.1, 0.15) is 32.9 Å². The van der Waals surface area contributed by atoms with E-state index in [1.54, 1.807) is 24.4 Å². The van der Waals surface area contributed by atoms with Crippen LogP contribution in [0.25, 0.3) is 6.08 Å². The second-order valence-corrected chi connectivity index (χ2v) is 9.53. The lowest BCUT2D eigenvalue weighted by molar-refractivity contribution is -0.122. The fourth-order valence-corrected chi connectivity index (χ4v) is 4.93. The zero-order valence-corrected chi connectivity index (χ0v) is 20.2. The van der Waals surface area contributed by atoms with Crippen LogP contribution in [0.3, 0.4) is 0 Å². The van der Waals surface area contributed by atoms with E-state index in [0.29, 0.717) is 21.2 Å². The Bertz CT molecular complexity index is 1250. The van der Waals surface area contributed by atoms with Gasteiger partial charge in [-0.05, 0) is 49.4 Å². The molecule has 8 nitrogen and oxygen atoms in total. The van der Waals surface area contributed by atoms with Gasteiger partial charge >= 0.3 is 0 Å². The van der Waals surface area contributed by atoms with E-state index in [4.69, 9.17) is 4.52 Å². The van der Waals surface area contributed by atoms with Gasteiger partial charge in [0.05, 0.1) is 16.2 Å². The van der Waals surface area contributed by atoms with Crippen LogP contribution in [-0.2, 0) is 10.5 Å². The third-order valence-electron chi connectivity index (χ3n) is 4.92. The lowest BCUT2D eigenvalue weighted by Gasteiger charge is -2.13. The van der Waals surface area contributed by atoms with Gasteiger partial charge in [-0.1, -0.05) is 46.7 Å². The average molecular weight is 495 g/mol. The highest BCUT2D eigenvalue weighted by Gasteiger charge is 2.34. The molecule has 3 aromatic rings. The van der Waals surface area contributed by atoms with Gasteiger partial charge in [-0.3, -0.25) is 19.3 Å². The molecule has 1 aliphatic heterocycles. The van der Waals surface area contributed by atoms with Crippen LogP contribution in [0.2, 0.25) is 0 Å². The van der Waals surface area contributed by atoms with E-state index in [2.05, 4.69) is 15.5 Å². The van der Waals surface area contributed by atoms with Gasteiger partial charge in [0, 0.05) is 31.1 Å². The van der Waals surface area contributed by atoms with Crippen molar-refractivity contribution in [3.63, 3.8) is 0 Å². The maximum atomic E-state index is 12.7. The van der Waals surface area contributed by atoms with Gasteiger partial charge in [0.1, 0.15) is 10.8 Å². The van der Waals surface area contributed by atoms with Crippen molar-refractivity contribution in [1.29, 1.82) is 0 Å². The van der Waals surface area contributed by atoms with Crippen LogP contribution < -0.4 is 5.32 Å². The van der Waals surface area contributed by atoms with E-state index in [9.17, 15) is 14.4 Å². The first-order valence-corrected chi connectivity index (χ1v) is 12.3. The quantitative estimate of drug-likeness (QED) is 0.362. The van der Waals surface area contributed by atoms with Crippen molar-refractivity contribution >= 4 is 46.7 Å². The summed E-state index contributed by atoms with van der Waals surface area (Å²) in [5.41, 5.74) is 3.15. The van der Waals surface area contributed by atoms with Gasteiger partial charge in [0.25, 0.3) is 17.1 Å². The first-order valence-electron chi connectivity index (χ1n) is 10.5. The topological polar surface area (TPSA) is 105 Å². The Balaban J connectivity index is 1.33. The molecule has 0 saturated carbocycles. The second kappa shape index (κ2) is 10.7. The first kappa shape index (κ1) is 23.8. The summed E-state index contributed by atoms with van der Waals surface area (Å²) >= 11 is 2.28. The zero-order valence-electron chi connectivity index (χ0n) is 18.6. The van der Waals surface area contributed by atoms with Crippen LogP contribution in [0.4, 0.5) is 4.79 Å². The van der Waals surface area contributed by atoms with Crippen molar-refractivity contribution in [2.75, 3.05) is 13.1 Å². The molecule has 0 unspecified atom stereocenters. The summed E-state index contributed by atoms with van der Waals surface area (Å²) in [5, 5.41) is 6.94. The van der Waals surface area contributed by atoms with Crippen LogP contribution in [0.5, 0.6) is 0 Å². The van der Waals surface area contributed by atoms with E-state index in [-0.39, 0.29) is 30.1 Å². The molecule has 1 fully saturated rings. The number of imide groups is 1. The fraction of sp³-hybridized carbons (Fsp3) is 0.208. The van der Waals surface area contributed by atoms with Gasteiger partial charge in [0.2, 0.25) is 0 Å². The van der Waals surface area contributed by atoms with Crippen LogP contribution in [0.15, 0.2) is 63.1 Å². The van der Waals surface area contributed by atoms with E-state index < -0.39 is 0 Å². The summed E-state index contributed by atoms with van der Waals surface area (Å²) in [5.74, 6) is 0.550. The fourth-order valence-electron chi connectivity index (χ4n) is 3.19. The molecule has 2 aromatic heterocycles. The van der Waals surface area contributed by atoms with Gasteiger partial charge < -0.3 is 9.84 Å². The number of nitrogens with one attached hydrogen (secondary N) is 1. The van der Waals surface area contributed by atoms with E-state index in [0.717, 1.165) is 39.2 Å². The lowest BCUT2D eigenvalue weighted by atomic mass is 10.1. The Morgan fingerprint density at radius 3 is 2.74 bits per heavy atom. The largest absolute Gasteiger partial charge is 0.361 e. The predicted octanol–water partition coefficient (Wildman–Crippen LogP) is 4.45. The molecule has 0 atom stereocenters. The van der Waals surface area contributed by atoms with E-state index in [1.807, 2.05) is 44.2 Å². The summed E-state index contributed by atoms with van der Waals surface area (Å²) in [6.07, 6.45) is 3.33. The van der Waals surface area contributed by atoms with Gasteiger partial charge in [0.15, 0.2) is 0 Å². The summed E-state index contributed by atoms with van der Waals surface area (Å²) < 4.78 is 5.07. The summed E-state index contributed by atoms with van der Waals surface area (Å²) in [6.45, 7) is 4.02. The van der Waals surface area contributed by atoms with Crippen LogP contribution in [0, 0.1) is 13.8 Å². The predicted molar refractivity (Wildman–Crippen MR) is 131 cm³/mol. The molecule has 0 aliphatic carbocycles. The van der Waals surface area contributed by atoms with Crippen molar-refractivity contribution < 1.29 is 18.9 Å². The number of thioether (sulfide) groups is 2. The number of pyridine rings is 1. The molecule has 3 heterocycles. The molecule has 3 amide bonds. The number of hydrogen-bond acceptors (Lipinski definition) is 8. The highest BCUT2D eigenvalue weighted by molar-refractivity contribution is 8.18. The van der Waals surface area contributed by atoms with Crippen molar-refractivity contribution in [2.24, 2.45) is 0 Å². The minimum absolute atomic E-state index is 0.0859. The molecule has 1 aliphatic rings. The number of rotatable bonds is 8. The number of aromatic nitrogens is 2. The SMILES string of the molecule is Cc1ccc(/C=C2\SC(=O)N(CCNC(=O)c3cccnc3SCc3cc(C)on3)C2=O)cc1. The summed E-state index contributed by atoms with van der Waals surface area (Å²) in [7, 11) is 0. The van der Waals surface area contributed by atoms with Crippen molar-refractivity contribution in [3.05, 3.63) is 81.7 Å². The maximum Gasteiger partial charge on any atom is 0.293 e. The average Bonchev–Trinajstić information content (AvgIpc) is 3.36. The molecule has 0 radical (unpaired) electrons. The third kappa shape index (κ3) is 5.75. The summed E-state index contributed by atoms with van der Waals surface area (Å²) in [4.78, 5) is 43.6. The number of benzene rings is 1. The maximum absolute atomic E-state index is 12.7. The first-order chi connectivity index (χ1) is 16.4. The Morgan fingerprint density at radius 1 is 1.21 bits per heavy atom. The smallest absolute Gasteiger partial charge is 0.293 e. The summed E-state index contributed by atoms with van der Waals surface area (Å²) in [6, 6.07) is 12.9. The molecule has 1 saturated heterocycles. The van der Waals surface area contributed by atoms with Crippen LogP contribution in [-0.4, -0.2) is 45.2 Å². The molecule has 0 bridgehead atoms. The molecule has 10 heteroatoms. The molecule has 174 valence electrons. The minimum Gasteiger partial charge on any atom is -0.361 e. The van der Waals surface area contributed by atoms with Gasteiger partial charge in [-0.25, -0.2) is 4.98 Å². The highest BCUT2D eigenvalue weighted by atomic mass is 32.2. The number of carbonyl (C=O) groups excluding carboxylic acids is 3. The minimum atomic E-state index is -0.356. The lowest BCUT2D eigenvalue weighted by Crippen LogP contribution is -2.37. The number of hydrogen-bond donors (Lipinski definition) is 1. The number of carbonyl (C=O) groups is 3. The molecular formula is C24H22N4O4S2. The Hall–Kier alpha value is -3.37. The molecule has 0 spiro atoms. The number of nitrogens with zero attached hydrogens (tertiary/aromatic N) is 3. The number of amides is 3. The Morgan fingerprint density at radius 2 is 2.00 bits per heavy atom. The molecule has 1 aromatic carbocycles. The Labute approximate surface area is 205 Å². The molecule has 34 heavy (non-hydrogen) atoms. The van der Waals surface area contributed by atoms with Crippen LogP contribution >= 0.6 is 23.5 Å². The van der Waals surface area contributed by atoms with E-state index >= 15 is 0 Å². The standard InChI is InChI=1S/C24H22N4O4S2/c1-15-5-7-17(8-6-15)13-20-23(30)28(24(31)34-20)11-10-25-21(29)19-4-3-9-26-22(19)33-14-18-12-16(2)32-27-18/h3-9,12-13H,10-11,14H2,1-2H3,(H,25,29)/b20-13-. The monoisotopic (exact) mass is 494 g/mol. The second-order valence-electron chi connectivity index (χ2n) is 7.57. The normalized spacial score (nSPS) is 14.8. The van der Waals surface area contributed by atoms with Crippen molar-refractivity contribution in [2.45, 2.75) is 24.6 Å².